The molecule has 0 spiro atoms. The minimum Gasteiger partial charge on any atom is -0.372 e. The average Bonchev–Trinajstić information content (AvgIpc) is 2.82. The number of fused-ring (bicyclic) bond motifs is 2. The number of para-hydroxylation sites is 1. The first-order valence-electron chi connectivity index (χ1n) is 11.1. The van der Waals surface area contributed by atoms with Crippen molar-refractivity contribution in [1.29, 1.82) is 0 Å². The molecule has 0 aliphatic carbocycles. The number of nitrogens with zero attached hydrogens (tertiary/aromatic N) is 4. The van der Waals surface area contributed by atoms with E-state index in [1.165, 1.54) is 17.4 Å². The van der Waals surface area contributed by atoms with E-state index in [0.717, 1.165) is 42.1 Å². The fraction of sp³-hybridized carbons (Fsp3) is 0.320. The zero-order valence-corrected chi connectivity index (χ0v) is 19.4. The van der Waals surface area contributed by atoms with Gasteiger partial charge in [-0.05, 0) is 36.6 Å². The van der Waals surface area contributed by atoms with E-state index < -0.39 is 6.17 Å². The molecule has 0 saturated heterocycles. The minimum atomic E-state index is -0.398. The summed E-state index contributed by atoms with van der Waals surface area (Å²) in [5.41, 5.74) is 2.74. The molecule has 0 fully saturated rings. The van der Waals surface area contributed by atoms with Gasteiger partial charge in [-0.2, -0.15) is 0 Å². The minimum absolute atomic E-state index is 0.160. The molecule has 6 nitrogen and oxygen atoms in total. The van der Waals surface area contributed by atoms with Crippen LogP contribution >= 0.6 is 11.8 Å². The summed E-state index contributed by atoms with van der Waals surface area (Å²) in [6.45, 7) is 10.2. The molecule has 0 saturated carbocycles. The molecule has 7 heteroatoms. The fourth-order valence-corrected chi connectivity index (χ4v) is 4.60. The average molecular weight is 448 g/mol. The molecule has 1 atom stereocenters. The third-order valence-electron chi connectivity index (χ3n) is 5.40. The van der Waals surface area contributed by atoms with Gasteiger partial charge in [0.15, 0.2) is 11.3 Å². The summed E-state index contributed by atoms with van der Waals surface area (Å²) < 4.78 is 0. The number of anilines is 1. The summed E-state index contributed by atoms with van der Waals surface area (Å²) in [5.74, 6) is 0.507. The van der Waals surface area contributed by atoms with Gasteiger partial charge >= 0.3 is 0 Å². The molecule has 2 heterocycles. The summed E-state index contributed by atoms with van der Waals surface area (Å²) in [7, 11) is 0. The van der Waals surface area contributed by atoms with Crippen molar-refractivity contribution in [3.8, 4) is 0 Å². The first kappa shape index (κ1) is 22.1. The predicted molar refractivity (Wildman–Crippen MR) is 133 cm³/mol. The normalized spacial score (nSPS) is 17.0. The monoisotopic (exact) mass is 447 g/mol. The number of hydrogen-bond acceptors (Lipinski definition) is 6. The molecular formula is C25H29N5OS. The van der Waals surface area contributed by atoms with Crippen molar-refractivity contribution >= 4 is 34.2 Å². The van der Waals surface area contributed by atoms with Crippen molar-refractivity contribution in [3.05, 3.63) is 77.3 Å². The Bertz CT molecular complexity index is 1140. The highest BCUT2D eigenvalue weighted by molar-refractivity contribution is 8.14. The molecule has 2 aromatic carbocycles. The highest BCUT2D eigenvalue weighted by Gasteiger charge is 2.34. The van der Waals surface area contributed by atoms with Crippen LogP contribution in [0.25, 0.3) is 5.70 Å². The highest BCUT2D eigenvalue weighted by Crippen LogP contribution is 2.31. The van der Waals surface area contributed by atoms with Crippen molar-refractivity contribution < 1.29 is 4.79 Å². The molecule has 0 bridgehead atoms. The lowest BCUT2D eigenvalue weighted by molar-refractivity contribution is -0.116. The second-order valence-corrected chi connectivity index (χ2v) is 8.76. The van der Waals surface area contributed by atoms with Crippen molar-refractivity contribution in [2.45, 2.75) is 32.9 Å². The Hall–Kier alpha value is -3.06. The Balaban J connectivity index is 1.75. The zero-order valence-electron chi connectivity index (χ0n) is 18.6. The summed E-state index contributed by atoms with van der Waals surface area (Å²) >= 11 is 1.45. The van der Waals surface area contributed by atoms with Gasteiger partial charge in [-0.25, -0.2) is 5.01 Å². The van der Waals surface area contributed by atoms with Crippen LogP contribution in [0.5, 0.6) is 0 Å². The third kappa shape index (κ3) is 4.43. The standard InChI is InChI=1S/C25H29N5OS/c1-4-15-29(16-5-2)19-13-11-18(12-14-19)23-26-21-10-8-7-9-20(21)22-24(31)27-25(28-30(22)23)32-17-6-3/h6-14,23H,3-5,15-17H2,1-2H3,(H,27,28,31). The van der Waals surface area contributed by atoms with Gasteiger partial charge in [0.1, 0.15) is 5.70 Å². The number of amidine groups is 1. The molecule has 2 aromatic rings. The number of amides is 1. The second kappa shape index (κ2) is 10.0. The van der Waals surface area contributed by atoms with Crippen LogP contribution < -0.4 is 20.8 Å². The number of hydrazone groups is 1. The van der Waals surface area contributed by atoms with E-state index in [1.807, 2.05) is 24.3 Å². The van der Waals surface area contributed by atoms with Crippen LogP contribution in [0.4, 0.5) is 5.69 Å². The SMILES string of the molecule is C=CCSC1=NN2C(=c3ccccc3=NC2c2ccc(N(CCC)CCC)cc2)C(=O)N1. The number of carbonyl (C=O) groups is 1. The second-order valence-electron chi connectivity index (χ2n) is 7.75. The van der Waals surface area contributed by atoms with Crippen LogP contribution in [0.1, 0.15) is 38.4 Å². The zero-order chi connectivity index (χ0) is 22.5. The summed E-state index contributed by atoms with van der Waals surface area (Å²) in [4.78, 5) is 20.5. The van der Waals surface area contributed by atoms with E-state index in [0.29, 0.717) is 16.6 Å². The van der Waals surface area contributed by atoms with Crippen LogP contribution in [-0.4, -0.2) is 34.9 Å². The molecular weight excluding hydrogens is 418 g/mol. The fourth-order valence-electron chi connectivity index (χ4n) is 4.01. The van der Waals surface area contributed by atoms with Crippen LogP contribution in [-0.2, 0) is 4.79 Å². The molecule has 1 N–H and O–H groups in total. The number of carbonyl (C=O) groups excluding carboxylic acids is 1. The van der Waals surface area contributed by atoms with E-state index in [1.54, 1.807) is 11.1 Å². The quantitative estimate of drug-likeness (QED) is 0.631. The lowest BCUT2D eigenvalue weighted by Gasteiger charge is -2.34. The molecule has 0 radical (unpaired) electrons. The van der Waals surface area contributed by atoms with Crippen molar-refractivity contribution in [1.82, 2.24) is 10.3 Å². The first-order valence-corrected chi connectivity index (χ1v) is 12.1. The van der Waals surface area contributed by atoms with Crippen LogP contribution in [0.15, 0.2) is 71.3 Å². The van der Waals surface area contributed by atoms with Gasteiger partial charge in [-0.15, -0.1) is 11.7 Å². The number of thioether (sulfide) groups is 1. The van der Waals surface area contributed by atoms with Gasteiger partial charge in [0.05, 0.1) is 5.36 Å². The number of hydrogen-bond donors (Lipinski definition) is 1. The van der Waals surface area contributed by atoms with Gasteiger partial charge in [0.2, 0.25) is 0 Å². The molecule has 4 rings (SSSR count). The predicted octanol–water partition coefficient (Wildman–Crippen LogP) is 3.38. The maximum atomic E-state index is 13.1. The number of rotatable bonds is 8. The van der Waals surface area contributed by atoms with E-state index in [2.05, 4.69) is 54.9 Å². The van der Waals surface area contributed by atoms with E-state index in [4.69, 9.17) is 10.1 Å². The van der Waals surface area contributed by atoms with Gasteiger partial charge in [0.25, 0.3) is 5.91 Å². The summed E-state index contributed by atoms with van der Waals surface area (Å²) in [6, 6.07) is 16.2. The Morgan fingerprint density at radius 2 is 1.84 bits per heavy atom. The Labute approximate surface area is 193 Å². The highest BCUT2D eigenvalue weighted by atomic mass is 32.2. The van der Waals surface area contributed by atoms with E-state index >= 15 is 0 Å². The lowest BCUT2D eigenvalue weighted by atomic mass is 10.1. The van der Waals surface area contributed by atoms with Crippen LogP contribution in [0.2, 0.25) is 0 Å². The maximum absolute atomic E-state index is 13.1. The molecule has 2 aliphatic rings. The van der Waals surface area contributed by atoms with Crippen molar-refractivity contribution in [2.24, 2.45) is 10.1 Å². The third-order valence-corrected chi connectivity index (χ3v) is 6.26. The van der Waals surface area contributed by atoms with Crippen LogP contribution in [0, 0.1) is 0 Å². The Kier molecular flexibility index (Phi) is 6.95. The van der Waals surface area contributed by atoms with Crippen LogP contribution in [0.3, 0.4) is 0 Å². The molecule has 1 unspecified atom stereocenters. The topological polar surface area (TPSA) is 60.3 Å². The molecule has 32 heavy (non-hydrogen) atoms. The lowest BCUT2D eigenvalue weighted by Crippen LogP contribution is -2.50. The Morgan fingerprint density at radius 1 is 1.12 bits per heavy atom. The number of nitrogens with one attached hydrogen (secondary N) is 1. The Morgan fingerprint density at radius 3 is 2.53 bits per heavy atom. The largest absolute Gasteiger partial charge is 0.372 e. The summed E-state index contributed by atoms with van der Waals surface area (Å²) in [5, 5.41) is 11.6. The van der Waals surface area contributed by atoms with Gasteiger partial charge in [-0.1, -0.05) is 62.0 Å². The summed E-state index contributed by atoms with van der Waals surface area (Å²) in [6.07, 6.45) is 3.61. The molecule has 0 aromatic heterocycles. The van der Waals surface area contributed by atoms with Gasteiger partial charge in [-0.3, -0.25) is 15.1 Å². The molecule has 166 valence electrons. The molecule has 2 aliphatic heterocycles. The first-order chi connectivity index (χ1) is 15.7. The van der Waals surface area contributed by atoms with Crippen molar-refractivity contribution in [3.63, 3.8) is 0 Å². The maximum Gasteiger partial charge on any atom is 0.276 e. The smallest absolute Gasteiger partial charge is 0.276 e. The van der Waals surface area contributed by atoms with Gasteiger partial charge < -0.3 is 4.90 Å². The van der Waals surface area contributed by atoms with E-state index in [-0.39, 0.29) is 5.91 Å². The number of benzene rings is 2. The molecule has 1 amide bonds. The van der Waals surface area contributed by atoms with Gasteiger partial charge in [0, 0.05) is 29.7 Å². The van der Waals surface area contributed by atoms with E-state index in [9.17, 15) is 4.79 Å². The van der Waals surface area contributed by atoms with Crippen molar-refractivity contribution in [2.75, 3.05) is 23.7 Å².